The molecule has 11 rings (SSSR count). The highest BCUT2D eigenvalue weighted by atomic mass is 16.5. The summed E-state index contributed by atoms with van der Waals surface area (Å²) in [4.78, 5) is 59.1. The van der Waals surface area contributed by atoms with E-state index < -0.39 is 0 Å². The van der Waals surface area contributed by atoms with Gasteiger partial charge in [0, 0.05) is 107 Å². The molecule has 18 heteroatoms. The zero-order valence-electron chi connectivity index (χ0n) is 49.7. The highest BCUT2D eigenvalue weighted by Crippen LogP contribution is 2.42. The Morgan fingerprint density at radius 1 is 0.560 bits per heavy atom. The second kappa shape index (κ2) is 28.1. The molecule has 0 saturated carbocycles. The van der Waals surface area contributed by atoms with E-state index >= 15 is 0 Å². The minimum absolute atomic E-state index is 0.0859. The number of likely N-dealkylation sites (N-methyl/N-ethyl adjacent to an activating group) is 1. The van der Waals surface area contributed by atoms with Crippen LogP contribution in [-0.4, -0.2) is 148 Å². The number of rotatable bonds is 11. The molecule has 440 valence electrons. The minimum Gasteiger partial charge on any atom is -0.454 e. The maximum absolute atomic E-state index is 12.6. The van der Waals surface area contributed by atoms with Gasteiger partial charge in [0.2, 0.25) is 0 Å². The number of aliphatic imine (C=N–C) groups is 3. The predicted octanol–water partition coefficient (Wildman–Crippen LogP) is 10.0. The fraction of sp³-hybridized carbons (Fsp3) is 0.364. The minimum atomic E-state index is -0.300. The molecule has 5 aliphatic heterocycles. The molecule has 5 heterocycles. The van der Waals surface area contributed by atoms with Crippen LogP contribution in [0, 0.1) is 5.92 Å². The molecule has 6 aromatic carbocycles. The maximum Gasteiger partial charge on any atom is 0.251 e. The number of nitrogens with zero attached hydrogens (tertiary/aromatic N) is 6. The van der Waals surface area contributed by atoms with E-state index in [1.54, 1.807) is 24.3 Å². The molecule has 0 spiro atoms. The Kier molecular flexibility index (Phi) is 20.1. The first kappa shape index (κ1) is 60.0. The number of amides is 3. The van der Waals surface area contributed by atoms with Gasteiger partial charge in [-0.3, -0.25) is 14.4 Å². The summed E-state index contributed by atoms with van der Waals surface area (Å²) in [5.41, 5.74) is 6.38. The lowest BCUT2D eigenvalue weighted by atomic mass is 10.1. The topological polar surface area (TPSA) is 198 Å². The first-order valence-electron chi connectivity index (χ1n) is 29.4. The lowest BCUT2D eigenvalue weighted by Gasteiger charge is -2.30. The Bertz CT molecular complexity index is 3390. The van der Waals surface area contributed by atoms with Crippen molar-refractivity contribution in [1.29, 1.82) is 0 Å². The van der Waals surface area contributed by atoms with Crippen LogP contribution in [0.1, 0.15) is 103 Å². The van der Waals surface area contributed by atoms with Gasteiger partial charge in [-0.25, -0.2) is 15.0 Å². The van der Waals surface area contributed by atoms with Gasteiger partial charge >= 0.3 is 0 Å². The third-order valence-electron chi connectivity index (χ3n) is 14.1. The largest absolute Gasteiger partial charge is 0.454 e. The molecule has 5 aliphatic rings. The molecule has 0 unspecified atom stereocenters. The van der Waals surface area contributed by atoms with Crippen LogP contribution >= 0.6 is 0 Å². The lowest BCUT2D eigenvalue weighted by molar-refractivity contribution is 0.0916. The third kappa shape index (κ3) is 15.2. The second-order valence-electron chi connectivity index (χ2n) is 22.4. The number of nitrogens with one attached hydrogen (secondary N) is 6. The van der Waals surface area contributed by atoms with E-state index in [9.17, 15) is 14.4 Å². The van der Waals surface area contributed by atoms with Crippen LogP contribution in [-0.2, 0) is 0 Å². The summed E-state index contributed by atoms with van der Waals surface area (Å²) in [6.45, 7) is 25.1. The zero-order chi connectivity index (χ0) is 59.2. The van der Waals surface area contributed by atoms with Crippen LogP contribution in [0.4, 0.5) is 17.1 Å². The molecule has 2 saturated heterocycles. The van der Waals surface area contributed by atoms with Gasteiger partial charge in [0.25, 0.3) is 17.7 Å². The number of benzene rings is 6. The standard InChI is InChI=1S/2C22H26N4O2.C22H28N4O2/c1-22(2,3)25-21(27)15-8-9-19-17(14-15)24-20(26-12-10-23-11-13-26)16-6-4-5-7-18(16)28-19;1-15(2)14-24-22(27)16-7-8-20-18(13-16)25-21(26-11-9-23-10-12-26)17-5-3-4-6-19(17)28-20;1-4-13-26(14-12-23-3)21-17-8-6-7-9-19(17)28-20-11-10-16(15-18(20)25-21)22(27)24-5-2/h4-9,14,23H,10-13H2,1-3H3,(H,25,27);3-8,13,15,23H,9-12,14H2,1-2H3,(H,24,27);6-11,15,23H,4-5,12-14H2,1-3H3,(H,24,27). The molecule has 6 aromatic rings. The van der Waals surface area contributed by atoms with E-state index in [-0.39, 0.29) is 23.3 Å². The summed E-state index contributed by atoms with van der Waals surface area (Å²) in [5.74, 6) is 7.08. The molecule has 0 aliphatic carbocycles. The molecule has 18 nitrogen and oxygen atoms in total. The highest BCUT2D eigenvalue weighted by molar-refractivity contribution is 6.07. The molecule has 0 bridgehead atoms. The monoisotopic (exact) mass is 1140 g/mol. The number of para-hydroxylation sites is 3. The first-order chi connectivity index (χ1) is 40.7. The Hall–Kier alpha value is -8.58. The number of hydrogen-bond acceptors (Lipinski definition) is 15. The number of amidine groups is 3. The Labute approximate surface area is 494 Å². The van der Waals surface area contributed by atoms with Gasteiger partial charge in [0.1, 0.15) is 51.8 Å². The van der Waals surface area contributed by atoms with Crippen molar-refractivity contribution in [2.45, 2.75) is 60.4 Å². The summed E-state index contributed by atoms with van der Waals surface area (Å²) < 4.78 is 18.5. The summed E-state index contributed by atoms with van der Waals surface area (Å²) >= 11 is 0. The number of fused-ring (bicyclic) bond motifs is 6. The van der Waals surface area contributed by atoms with Crippen molar-refractivity contribution in [3.8, 4) is 34.5 Å². The normalized spacial score (nSPS) is 14.8. The van der Waals surface area contributed by atoms with Crippen LogP contribution in [0.25, 0.3) is 0 Å². The average molecular weight is 1140 g/mol. The fourth-order valence-corrected chi connectivity index (χ4v) is 9.99. The predicted molar refractivity (Wildman–Crippen MR) is 335 cm³/mol. The zero-order valence-corrected chi connectivity index (χ0v) is 49.7. The fourth-order valence-electron chi connectivity index (χ4n) is 9.99. The number of ether oxygens (including phenoxy) is 3. The second-order valence-corrected chi connectivity index (χ2v) is 22.4. The summed E-state index contributed by atoms with van der Waals surface area (Å²) in [6, 6.07) is 40.1. The highest BCUT2D eigenvalue weighted by Gasteiger charge is 2.28. The molecular formula is C66H80N12O6. The molecular weight excluding hydrogens is 1060 g/mol. The molecule has 3 amide bonds. The van der Waals surface area contributed by atoms with Crippen molar-refractivity contribution >= 4 is 52.3 Å². The maximum atomic E-state index is 12.6. The van der Waals surface area contributed by atoms with Gasteiger partial charge in [-0.2, -0.15) is 0 Å². The molecule has 0 atom stereocenters. The van der Waals surface area contributed by atoms with E-state index in [0.717, 1.165) is 130 Å². The van der Waals surface area contributed by atoms with E-state index in [4.69, 9.17) is 29.2 Å². The van der Waals surface area contributed by atoms with Crippen molar-refractivity contribution < 1.29 is 28.6 Å². The van der Waals surface area contributed by atoms with Gasteiger partial charge in [0.05, 0.1) is 16.7 Å². The SMILES string of the molecule is CC(C)(C)NC(=O)c1ccc2c(c1)N=C(N1CCNCC1)c1ccccc1O2.CC(C)CNC(=O)c1ccc2c(c1)N=C(N1CCNCC1)c1ccccc1O2.CCCN(CCNC)C1=Nc2cc(C(=O)NCC)ccc2Oc2ccccc21. The van der Waals surface area contributed by atoms with Crippen LogP contribution in [0.2, 0.25) is 0 Å². The summed E-state index contributed by atoms with van der Waals surface area (Å²) in [7, 11) is 1.95. The molecule has 0 aromatic heterocycles. The van der Waals surface area contributed by atoms with E-state index in [1.165, 1.54) is 0 Å². The van der Waals surface area contributed by atoms with Crippen molar-refractivity contribution in [2.75, 3.05) is 92.1 Å². The first-order valence-corrected chi connectivity index (χ1v) is 29.4. The average Bonchev–Trinajstić information content (AvgIpc) is 3.94. The van der Waals surface area contributed by atoms with E-state index in [2.05, 4.69) is 67.4 Å². The molecule has 84 heavy (non-hydrogen) atoms. The Morgan fingerprint density at radius 3 is 1.43 bits per heavy atom. The van der Waals surface area contributed by atoms with Crippen LogP contribution in [0.15, 0.2) is 142 Å². The molecule has 2 fully saturated rings. The van der Waals surface area contributed by atoms with Crippen molar-refractivity contribution in [2.24, 2.45) is 20.9 Å². The Balaban J connectivity index is 0.000000151. The molecule has 6 N–H and O–H groups in total. The lowest BCUT2D eigenvalue weighted by Crippen LogP contribution is -2.46. The van der Waals surface area contributed by atoms with Crippen molar-refractivity contribution in [3.63, 3.8) is 0 Å². The smallest absolute Gasteiger partial charge is 0.251 e. The van der Waals surface area contributed by atoms with E-state index in [1.807, 2.05) is 138 Å². The molecule has 0 radical (unpaired) electrons. The van der Waals surface area contributed by atoms with Gasteiger partial charge in [-0.05, 0) is 138 Å². The van der Waals surface area contributed by atoms with E-state index in [0.29, 0.717) is 70.0 Å². The van der Waals surface area contributed by atoms with Gasteiger partial charge in [-0.1, -0.05) is 57.2 Å². The van der Waals surface area contributed by atoms with Crippen LogP contribution < -0.4 is 46.1 Å². The summed E-state index contributed by atoms with van der Waals surface area (Å²) in [5, 5.41) is 18.8. The summed E-state index contributed by atoms with van der Waals surface area (Å²) in [6.07, 6.45) is 1.01. The van der Waals surface area contributed by atoms with Gasteiger partial charge in [-0.15, -0.1) is 0 Å². The van der Waals surface area contributed by atoms with Crippen LogP contribution in [0.3, 0.4) is 0 Å². The number of carbonyl (C=O) groups is 3. The van der Waals surface area contributed by atoms with Gasteiger partial charge in [0.15, 0.2) is 17.2 Å². The third-order valence-corrected chi connectivity index (χ3v) is 14.1. The van der Waals surface area contributed by atoms with Crippen molar-refractivity contribution in [1.82, 2.24) is 46.6 Å². The quantitative estimate of drug-likeness (QED) is 0.0719. The van der Waals surface area contributed by atoms with Crippen molar-refractivity contribution in [3.05, 3.63) is 161 Å². The Morgan fingerprint density at radius 2 is 0.988 bits per heavy atom. The number of piperazine rings is 2. The van der Waals surface area contributed by atoms with Gasteiger partial charge < -0.3 is 60.8 Å². The number of hydrogen-bond donors (Lipinski definition) is 6. The number of carbonyl (C=O) groups excluding carboxylic acids is 3. The van der Waals surface area contributed by atoms with Crippen LogP contribution in [0.5, 0.6) is 34.5 Å².